The molecular weight excluding hydrogens is 244 g/mol. The van der Waals surface area contributed by atoms with Crippen molar-refractivity contribution in [2.24, 2.45) is 5.73 Å². The Hall–Kier alpha value is -1.56. The third kappa shape index (κ3) is 2.81. The van der Waals surface area contributed by atoms with E-state index in [4.69, 9.17) is 19.9 Å². The number of benzene rings is 1. The highest BCUT2D eigenvalue weighted by atomic mass is 19.3. The molecular formula is C12H17F2NO3. The van der Waals surface area contributed by atoms with Crippen molar-refractivity contribution in [3.05, 3.63) is 17.7 Å². The van der Waals surface area contributed by atoms with Crippen LogP contribution >= 0.6 is 0 Å². The normalized spacial score (nSPS) is 11.2. The van der Waals surface area contributed by atoms with E-state index in [0.29, 0.717) is 0 Å². The smallest absolute Gasteiger partial charge is 0.274 e. The van der Waals surface area contributed by atoms with Crippen LogP contribution in [0.1, 0.15) is 12.0 Å². The van der Waals surface area contributed by atoms with E-state index in [0.717, 1.165) is 0 Å². The molecule has 0 amide bonds. The Bertz CT molecular complexity index is 385. The van der Waals surface area contributed by atoms with Gasteiger partial charge in [-0.2, -0.15) is 0 Å². The van der Waals surface area contributed by atoms with Crippen molar-refractivity contribution in [2.45, 2.75) is 12.3 Å². The summed E-state index contributed by atoms with van der Waals surface area (Å²) in [5, 5.41) is 0. The van der Waals surface area contributed by atoms with Gasteiger partial charge in [-0.3, -0.25) is 0 Å². The molecule has 0 saturated carbocycles. The quantitative estimate of drug-likeness (QED) is 0.852. The standard InChI is InChI=1S/C12H17F2NO3/c1-16-9-6-8(12(13,14)4-5-15)7-10(17-2)11(9)18-3/h6-7H,4-5,15H2,1-3H3. The summed E-state index contributed by atoms with van der Waals surface area (Å²) in [5.74, 6) is -2.35. The van der Waals surface area contributed by atoms with Gasteiger partial charge in [-0.1, -0.05) is 0 Å². The lowest BCUT2D eigenvalue weighted by Gasteiger charge is -2.19. The molecule has 0 radical (unpaired) electrons. The Morgan fingerprint density at radius 2 is 1.56 bits per heavy atom. The molecule has 0 bridgehead atoms. The van der Waals surface area contributed by atoms with E-state index < -0.39 is 12.3 Å². The van der Waals surface area contributed by atoms with Crippen molar-refractivity contribution < 1.29 is 23.0 Å². The van der Waals surface area contributed by atoms with E-state index in [1.807, 2.05) is 0 Å². The van der Waals surface area contributed by atoms with Gasteiger partial charge in [0.05, 0.1) is 21.3 Å². The lowest BCUT2D eigenvalue weighted by atomic mass is 10.0. The first-order chi connectivity index (χ1) is 8.50. The van der Waals surface area contributed by atoms with Gasteiger partial charge in [0.1, 0.15) is 0 Å². The third-order valence-corrected chi connectivity index (χ3v) is 2.55. The number of rotatable bonds is 6. The minimum atomic E-state index is -3.03. The van der Waals surface area contributed by atoms with Gasteiger partial charge in [-0.15, -0.1) is 0 Å². The summed E-state index contributed by atoms with van der Waals surface area (Å²) < 4.78 is 42.7. The molecule has 0 atom stereocenters. The van der Waals surface area contributed by atoms with Crippen LogP contribution in [0.2, 0.25) is 0 Å². The molecule has 0 aliphatic carbocycles. The zero-order chi connectivity index (χ0) is 13.8. The summed E-state index contributed by atoms with van der Waals surface area (Å²) in [6, 6.07) is 2.47. The van der Waals surface area contributed by atoms with Crippen LogP contribution < -0.4 is 19.9 Å². The number of ether oxygens (including phenoxy) is 3. The largest absolute Gasteiger partial charge is 0.493 e. The summed E-state index contributed by atoms with van der Waals surface area (Å²) in [6.45, 7) is -0.107. The zero-order valence-electron chi connectivity index (χ0n) is 10.6. The number of hydrogen-bond acceptors (Lipinski definition) is 4. The molecule has 4 nitrogen and oxygen atoms in total. The average molecular weight is 261 g/mol. The Morgan fingerprint density at radius 1 is 1.06 bits per heavy atom. The second-order valence-electron chi connectivity index (χ2n) is 3.66. The second kappa shape index (κ2) is 5.86. The summed E-state index contributed by atoms with van der Waals surface area (Å²) in [4.78, 5) is 0. The summed E-state index contributed by atoms with van der Waals surface area (Å²) in [5.41, 5.74) is 4.98. The van der Waals surface area contributed by atoms with Crippen LogP contribution in [0.4, 0.5) is 8.78 Å². The molecule has 1 aromatic carbocycles. The van der Waals surface area contributed by atoms with Crippen molar-refractivity contribution in [1.29, 1.82) is 0 Å². The number of halogens is 2. The zero-order valence-corrected chi connectivity index (χ0v) is 10.6. The van der Waals surface area contributed by atoms with Gasteiger partial charge in [0, 0.05) is 12.0 Å². The Morgan fingerprint density at radius 3 is 1.89 bits per heavy atom. The Balaban J connectivity index is 3.31. The van der Waals surface area contributed by atoms with Crippen molar-refractivity contribution in [3.63, 3.8) is 0 Å². The molecule has 0 heterocycles. The Kier molecular flexibility index (Phi) is 4.72. The molecule has 0 aliphatic heterocycles. The van der Waals surface area contributed by atoms with Crippen molar-refractivity contribution in [1.82, 2.24) is 0 Å². The molecule has 2 N–H and O–H groups in total. The Labute approximate surface area is 105 Å². The second-order valence-corrected chi connectivity index (χ2v) is 3.66. The van der Waals surface area contributed by atoms with Crippen molar-refractivity contribution in [2.75, 3.05) is 27.9 Å². The number of methoxy groups -OCH3 is 3. The fourth-order valence-electron chi connectivity index (χ4n) is 1.62. The summed E-state index contributed by atoms with van der Waals surface area (Å²) in [7, 11) is 4.17. The topological polar surface area (TPSA) is 53.7 Å². The van der Waals surface area contributed by atoms with E-state index in [2.05, 4.69) is 0 Å². The van der Waals surface area contributed by atoms with Gasteiger partial charge in [-0.05, 0) is 18.7 Å². The highest BCUT2D eigenvalue weighted by Gasteiger charge is 2.32. The summed E-state index contributed by atoms with van der Waals surface area (Å²) in [6.07, 6.45) is -0.439. The van der Waals surface area contributed by atoms with Crippen molar-refractivity contribution in [3.8, 4) is 17.2 Å². The van der Waals surface area contributed by atoms with E-state index >= 15 is 0 Å². The number of alkyl halides is 2. The van der Waals surface area contributed by atoms with Gasteiger partial charge in [-0.25, -0.2) is 8.78 Å². The lowest BCUT2D eigenvalue weighted by molar-refractivity contribution is -0.0111. The maximum absolute atomic E-state index is 13.8. The van der Waals surface area contributed by atoms with Crippen LogP contribution in [0.25, 0.3) is 0 Å². The fraction of sp³-hybridized carbons (Fsp3) is 0.500. The van der Waals surface area contributed by atoms with Gasteiger partial charge in [0.25, 0.3) is 5.92 Å². The molecule has 102 valence electrons. The average Bonchev–Trinajstić information content (AvgIpc) is 2.36. The number of nitrogens with two attached hydrogens (primary N) is 1. The van der Waals surface area contributed by atoms with Gasteiger partial charge in [0.2, 0.25) is 5.75 Å². The minimum absolute atomic E-state index is 0.107. The first-order valence-corrected chi connectivity index (χ1v) is 5.38. The highest BCUT2D eigenvalue weighted by Crippen LogP contribution is 2.43. The van der Waals surface area contributed by atoms with Gasteiger partial charge in [0.15, 0.2) is 11.5 Å². The molecule has 0 aliphatic rings. The van der Waals surface area contributed by atoms with Gasteiger partial charge < -0.3 is 19.9 Å². The van der Waals surface area contributed by atoms with Crippen molar-refractivity contribution >= 4 is 0 Å². The first-order valence-electron chi connectivity index (χ1n) is 5.38. The van der Waals surface area contributed by atoms with Crippen LogP contribution in [-0.2, 0) is 5.92 Å². The molecule has 1 rings (SSSR count). The predicted octanol–water partition coefficient (Wildman–Crippen LogP) is 2.15. The molecule has 18 heavy (non-hydrogen) atoms. The molecule has 0 unspecified atom stereocenters. The van der Waals surface area contributed by atoms with E-state index in [-0.39, 0.29) is 29.4 Å². The van der Waals surface area contributed by atoms with Crippen LogP contribution in [0, 0.1) is 0 Å². The van der Waals surface area contributed by atoms with Crippen LogP contribution in [0.5, 0.6) is 17.2 Å². The molecule has 6 heteroatoms. The van der Waals surface area contributed by atoms with Crippen LogP contribution in [0.15, 0.2) is 12.1 Å². The lowest BCUT2D eigenvalue weighted by Crippen LogP contribution is -2.19. The predicted molar refractivity (Wildman–Crippen MR) is 63.7 cm³/mol. The SMILES string of the molecule is COc1cc(C(F)(F)CCN)cc(OC)c1OC. The third-order valence-electron chi connectivity index (χ3n) is 2.55. The molecule has 0 aromatic heterocycles. The van der Waals surface area contributed by atoms with Crippen LogP contribution in [0.3, 0.4) is 0 Å². The molecule has 0 fully saturated rings. The number of hydrogen-bond donors (Lipinski definition) is 1. The molecule has 0 spiro atoms. The minimum Gasteiger partial charge on any atom is -0.493 e. The van der Waals surface area contributed by atoms with Crippen LogP contribution in [-0.4, -0.2) is 27.9 Å². The monoisotopic (exact) mass is 261 g/mol. The summed E-state index contributed by atoms with van der Waals surface area (Å²) >= 11 is 0. The van der Waals surface area contributed by atoms with E-state index in [1.54, 1.807) is 0 Å². The fourth-order valence-corrected chi connectivity index (χ4v) is 1.62. The maximum atomic E-state index is 13.8. The maximum Gasteiger partial charge on any atom is 0.274 e. The molecule has 0 saturated heterocycles. The highest BCUT2D eigenvalue weighted by molar-refractivity contribution is 5.54. The van der Waals surface area contributed by atoms with E-state index in [9.17, 15) is 8.78 Å². The van der Waals surface area contributed by atoms with Gasteiger partial charge >= 0.3 is 0 Å². The first kappa shape index (κ1) is 14.5. The van der Waals surface area contributed by atoms with E-state index in [1.165, 1.54) is 33.5 Å². The molecule has 1 aromatic rings.